The van der Waals surface area contributed by atoms with E-state index in [0.717, 1.165) is 5.56 Å². The van der Waals surface area contributed by atoms with Gasteiger partial charge in [0.05, 0.1) is 6.54 Å². The third-order valence-electron chi connectivity index (χ3n) is 3.20. The van der Waals surface area contributed by atoms with Crippen molar-refractivity contribution in [1.82, 2.24) is 9.55 Å². The predicted molar refractivity (Wildman–Crippen MR) is 70.3 cm³/mol. The summed E-state index contributed by atoms with van der Waals surface area (Å²) < 4.78 is 20.0. The summed E-state index contributed by atoms with van der Waals surface area (Å²) in [6.45, 7) is 0.232. The van der Waals surface area contributed by atoms with Crippen molar-refractivity contribution in [2.45, 2.75) is 19.1 Å². The summed E-state index contributed by atoms with van der Waals surface area (Å²) in [6.07, 6.45) is 1.49. The number of fused-ring (bicyclic) bond motifs is 1. The molecule has 0 amide bonds. The average Bonchev–Trinajstić information content (AvgIpc) is 2.77. The number of benzene rings is 1. The Morgan fingerprint density at radius 1 is 1.45 bits per heavy atom. The lowest BCUT2D eigenvalue weighted by Crippen LogP contribution is -2.35. The van der Waals surface area contributed by atoms with E-state index in [1.54, 1.807) is 6.07 Å². The maximum atomic E-state index is 13.1. The first-order valence-electron chi connectivity index (χ1n) is 6.07. The van der Waals surface area contributed by atoms with Gasteiger partial charge in [0.25, 0.3) is 5.56 Å². The first-order valence-corrected chi connectivity index (χ1v) is 6.07. The van der Waals surface area contributed by atoms with E-state index >= 15 is 0 Å². The van der Waals surface area contributed by atoms with E-state index in [0.29, 0.717) is 12.2 Å². The lowest BCUT2D eigenvalue weighted by atomic mass is 10.1. The van der Waals surface area contributed by atoms with Crippen LogP contribution >= 0.6 is 0 Å². The summed E-state index contributed by atoms with van der Waals surface area (Å²) in [5, 5.41) is 0. The highest BCUT2D eigenvalue weighted by Gasteiger charge is 2.24. The summed E-state index contributed by atoms with van der Waals surface area (Å²) in [6, 6.07) is 4.30. The fourth-order valence-electron chi connectivity index (χ4n) is 2.27. The van der Waals surface area contributed by atoms with Gasteiger partial charge >= 0.3 is 5.69 Å². The predicted octanol–water partition coefficient (Wildman–Crippen LogP) is 0.262. The van der Waals surface area contributed by atoms with Gasteiger partial charge in [-0.25, -0.2) is 9.18 Å². The highest BCUT2D eigenvalue weighted by molar-refractivity contribution is 5.38. The molecule has 3 N–H and O–H groups in total. The van der Waals surface area contributed by atoms with Crippen LogP contribution in [-0.2, 0) is 13.0 Å². The van der Waals surface area contributed by atoms with Crippen LogP contribution < -0.4 is 21.7 Å². The molecular weight excluding hydrogens is 265 g/mol. The van der Waals surface area contributed by atoms with Crippen LogP contribution in [0.15, 0.2) is 34.0 Å². The second-order valence-corrected chi connectivity index (χ2v) is 4.69. The number of ether oxygens (including phenoxy) is 1. The van der Waals surface area contributed by atoms with Crippen molar-refractivity contribution in [2.75, 3.05) is 5.73 Å². The van der Waals surface area contributed by atoms with Crippen LogP contribution in [-0.4, -0.2) is 15.7 Å². The molecule has 0 radical (unpaired) electrons. The molecule has 2 heterocycles. The topological polar surface area (TPSA) is 90.1 Å². The SMILES string of the molecule is Nc1cn(CC2Cc3cc(F)ccc3O2)c(=O)[nH]c1=O. The number of H-pyrrole nitrogens is 1. The van der Waals surface area contributed by atoms with Gasteiger partial charge in [-0.3, -0.25) is 14.3 Å². The van der Waals surface area contributed by atoms with Gasteiger partial charge in [-0.2, -0.15) is 0 Å². The smallest absolute Gasteiger partial charge is 0.328 e. The number of anilines is 1. The minimum atomic E-state index is -0.607. The van der Waals surface area contributed by atoms with Gasteiger partial charge in [-0.1, -0.05) is 0 Å². The molecule has 0 saturated heterocycles. The Labute approximate surface area is 112 Å². The monoisotopic (exact) mass is 277 g/mol. The first-order chi connectivity index (χ1) is 9.52. The van der Waals surface area contributed by atoms with E-state index in [4.69, 9.17) is 10.5 Å². The molecule has 0 fully saturated rings. The number of hydrogen-bond acceptors (Lipinski definition) is 4. The van der Waals surface area contributed by atoms with Crippen LogP contribution in [0.1, 0.15) is 5.56 Å². The lowest BCUT2D eigenvalue weighted by Gasteiger charge is -2.12. The van der Waals surface area contributed by atoms with E-state index in [-0.39, 0.29) is 24.2 Å². The molecule has 1 atom stereocenters. The Morgan fingerprint density at radius 3 is 3.05 bits per heavy atom. The van der Waals surface area contributed by atoms with Gasteiger partial charge in [-0.15, -0.1) is 0 Å². The van der Waals surface area contributed by atoms with Crippen molar-refractivity contribution >= 4 is 5.69 Å². The van der Waals surface area contributed by atoms with Gasteiger partial charge < -0.3 is 10.5 Å². The van der Waals surface area contributed by atoms with Crippen LogP contribution in [0.5, 0.6) is 5.75 Å². The Morgan fingerprint density at radius 2 is 2.25 bits per heavy atom. The van der Waals surface area contributed by atoms with Crippen LogP contribution in [0, 0.1) is 5.82 Å². The van der Waals surface area contributed by atoms with Crippen molar-refractivity contribution in [2.24, 2.45) is 0 Å². The maximum absolute atomic E-state index is 13.1. The molecule has 2 aromatic rings. The molecule has 0 bridgehead atoms. The Hall–Kier alpha value is -2.57. The Balaban J connectivity index is 1.83. The summed E-state index contributed by atoms with van der Waals surface area (Å²) in [4.78, 5) is 24.9. The normalized spacial score (nSPS) is 16.8. The molecule has 1 aromatic heterocycles. The molecule has 1 aliphatic rings. The van der Waals surface area contributed by atoms with Crippen LogP contribution in [0.4, 0.5) is 10.1 Å². The van der Waals surface area contributed by atoms with Crippen LogP contribution in [0.3, 0.4) is 0 Å². The minimum Gasteiger partial charge on any atom is -0.488 e. The zero-order valence-corrected chi connectivity index (χ0v) is 10.4. The van der Waals surface area contributed by atoms with E-state index in [2.05, 4.69) is 4.98 Å². The number of nitrogens with one attached hydrogen (secondary N) is 1. The van der Waals surface area contributed by atoms with Crippen LogP contribution in [0.2, 0.25) is 0 Å². The number of aromatic nitrogens is 2. The first kappa shape index (κ1) is 12.5. The van der Waals surface area contributed by atoms with Gasteiger partial charge in [0.1, 0.15) is 23.4 Å². The fourth-order valence-corrected chi connectivity index (χ4v) is 2.27. The zero-order chi connectivity index (χ0) is 14.3. The lowest BCUT2D eigenvalue weighted by molar-refractivity contribution is 0.207. The maximum Gasteiger partial charge on any atom is 0.328 e. The van der Waals surface area contributed by atoms with E-state index in [1.165, 1.54) is 22.9 Å². The van der Waals surface area contributed by atoms with Crippen molar-refractivity contribution in [3.8, 4) is 5.75 Å². The highest BCUT2D eigenvalue weighted by atomic mass is 19.1. The second kappa shape index (κ2) is 4.52. The third kappa shape index (κ3) is 2.18. The molecule has 0 aliphatic carbocycles. The van der Waals surface area contributed by atoms with Crippen molar-refractivity contribution in [3.05, 3.63) is 56.6 Å². The molecule has 1 aliphatic heterocycles. The quantitative estimate of drug-likeness (QED) is 0.824. The molecule has 0 spiro atoms. The molecule has 7 heteroatoms. The molecule has 1 aromatic carbocycles. The second-order valence-electron chi connectivity index (χ2n) is 4.69. The number of nitrogens with two attached hydrogens (primary N) is 1. The molecule has 3 rings (SSSR count). The number of nitrogens with zero attached hydrogens (tertiary/aromatic N) is 1. The highest BCUT2D eigenvalue weighted by Crippen LogP contribution is 2.29. The van der Waals surface area contributed by atoms with E-state index in [1.807, 2.05) is 0 Å². The zero-order valence-electron chi connectivity index (χ0n) is 10.4. The molecule has 6 nitrogen and oxygen atoms in total. The molecule has 1 unspecified atom stereocenters. The van der Waals surface area contributed by atoms with Gasteiger partial charge in [-0.05, 0) is 18.2 Å². The summed E-state index contributed by atoms with van der Waals surface area (Å²) in [5.41, 5.74) is 5.05. The Kier molecular flexibility index (Phi) is 2.81. The third-order valence-corrected chi connectivity index (χ3v) is 3.20. The van der Waals surface area contributed by atoms with Gasteiger partial charge in [0, 0.05) is 18.2 Å². The Bertz CT molecular complexity index is 781. The minimum absolute atomic E-state index is 0.0360. The number of aromatic amines is 1. The van der Waals surface area contributed by atoms with Gasteiger partial charge in [0.15, 0.2) is 0 Å². The summed E-state index contributed by atoms with van der Waals surface area (Å²) in [7, 11) is 0. The fraction of sp³-hybridized carbons (Fsp3) is 0.231. The van der Waals surface area contributed by atoms with Crippen molar-refractivity contribution < 1.29 is 9.13 Å². The van der Waals surface area contributed by atoms with Gasteiger partial charge in [0.2, 0.25) is 0 Å². The van der Waals surface area contributed by atoms with Crippen LogP contribution in [0.25, 0.3) is 0 Å². The molecule has 104 valence electrons. The van der Waals surface area contributed by atoms with Crippen molar-refractivity contribution in [1.29, 1.82) is 0 Å². The number of nitrogen functional groups attached to an aromatic ring is 1. The number of rotatable bonds is 2. The molecule has 20 heavy (non-hydrogen) atoms. The number of halogens is 1. The number of hydrogen-bond donors (Lipinski definition) is 2. The largest absolute Gasteiger partial charge is 0.488 e. The average molecular weight is 277 g/mol. The van der Waals surface area contributed by atoms with Crippen molar-refractivity contribution in [3.63, 3.8) is 0 Å². The summed E-state index contributed by atoms with van der Waals surface area (Å²) in [5.74, 6) is 0.292. The molecule has 0 saturated carbocycles. The molecular formula is C13H12FN3O3. The van der Waals surface area contributed by atoms with E-state index < -0.39 is 11.2 Å². The summed E-state index contributed by atoms with van der Waals surface area (Å²) >= 11 is 0. The standard InChI is InChI=1S/C13H12FN3O3/c14-8-1-2-11-7(3-8)4-9(20-11)5-17-6-10(15)12(18)16-13(17)19/h1-3,6,9H,4-5,15H2,(H,16,18,19). The van der Waals surface area contributed by atoms with E-state index in [9.17, 15) is 14.0 Å².